The predicted molar refractivity (Wildman–Crippen MR) is 115 cm³/mol. The molecule has 0 fully saturated rings. The maximum Gasteiger partial charge on any atom is 0.306 e. The normalized spacial score (nSPS) is 10.8. The van der Waals surface area contributed by atoms with Gasteiger partial charge in [-0.2, -0.15) is 5.10 Å². The lowest BCUT2D eigenvalue weighted by Gasteiger charge is -2.18. The number of hydrogen-bond donors (Lipinski definition) is 1. The minimum Gasteiger partial charge on any atom is -0.481 e. The number of aromatic nitrogens is 2. The number of rotatable bonds is 11. The Hall–Kier alpha value is -2.97. The van der Waals surface area contributed by atoms with Crippen molar-refractivity contribution in [3.63, 3.8) is 0 Å². The summed E-state index contributed by atoms with van der Waals surface area (Å²) in [6.45, 7) is 9.51. The number of nitrogens with zero attached hydrogens (tertiary/aromatic N) is 2. The monoisotopic (exact) mass is 454 g/mol. The SMILES string of the molecule is CCCc1cc(OCc2cc(F)ccc2F)n(CCC(C)(C)C)n1.O=COCCC(=O)O. The van der Waals surface area contributed by atoms with Crippen LogP contribution >= 0.6 is 0 Å². The molecule has 1 aromatic heterocycles. The number of aryl methyl sites for hydroxylation is 2. The van der Waals surface area contributed by atoms with Gasteiger partial charge in [0.1, 0.15) is 24.8 Å². The van der Waals surface area contributed by atoms with Crippen molar-refractivity contribution in [3.05, 3.63) is 47.2 Å². The largest absolute Gasteiger partial charge is 0.481 e. The molecule has 0 unspecified atom stereocenters. The maximum atomic E-state index is 13.7. The zero-order chi connectivity index (χ0) is 24.1. The molecular formula is C23H32F2N2O5. The average Bonchev–Trinajstić information content (AvgIpc) is 3.09. The molecule has 178 valence electrons. The molecule has 0 spiro atoms. The summed E-state index contributed by atoms with van der Waals surface area (Å²) in [4.78, 5) is 19.0. The smallest absolute Gasteiger partial charge is 0.306 e. The molecule has 1 aromatic carbocycles. The van der Waals surface area contributed by atoms with E-state index in [0.29, 0.717) is 5.88 Å². The number of benzene rings is 1. The number of carbonyl (C=O) groups excluding carboxylic acids is 1. The highest BCUT2D eigenvalue weighted by Gasteiger charge is 2.15. The molecule has 0 atom stereocenters. The van der Waals surface area contributed by atoms with Crippen molar-refractivity contribution in [2.45, 2.75) is 66.5 Å². The molecule has 2 aromatic rings. The Morgan fingerprint density at radius 3 is 2.56 bits per heavy atom. The summed E-state index contributed by atoms with van der Waals surface area (Å²) in [5.74, 6) is -1.30. The standard InChI is InChI=1S/C19H26F2N2O.C4H6O4/c1-5-6-16-12-18(23(22-16)10-9-19(2,3)4)24-13-14-11-15(20)7-8-17(14)21;5-3-8-2-1-4(6)7/h7-8,11-12H,5-6,9-10,13H2,1-4H3;3H,1-2H2,(H,6,7). The van der Waals surface area contributed by atoms with E-state index in [0.717, 1.165) is 49.7 Å². The molecule has 2 rings (SSSR count). The van der Waals surface area contributed by atoms with Gasteiger partial charge in [0.15, 0.2) is 0 Å². The van der Waals surface area contributed by atoms with Gasteiger partial charge in [-0.25, -0.2) is 13.5 Å². The quantitative estimate of drug-likeness (QED) is 0.389. The molecule has 7 nitrogen and oxygen atoms in total. The van der Waals surface area contributed by atoms with Crippen molar-refractivity contribution in [2.24, 2.45) is 5.41 Å². The second kappa shape index (κ2) is 13.4. The van der Waals surface area contributed by atoms with Crippen LogP contribution in [0.5, 0.6) is 5.88 Å². The van der Waals surface area contributed by atoms with Gasteiger partial charge >= 0.3 is 5.97 Å². The van der Waals surface area contributed by atoms with Crippen molar-refractivity contribution < 1.29 is 33.0 Å². The van der Waals surface area contributed by atoms with Crippen LogP contribution in [0.15, 0.2) is 24.3 Å². The van der Waals surface area contributed by atoms with Gasteiger partial charge in [0.2, 0.25) is 5.88 Å². The Labute approximate surface area is 187 Å². The average molecular weight is 455 g/mol. The van der Waals surface area contributed by atoms with Gasteiger partial charge in [-0.05, 0) is 36.5 Å². The van der Waals surface area contributed by atoms with Crippen LogP contribution in [0.2, 0.25) is 0 Å². The summed E-state index contributed by atoms with van der Waals surface area (Å²) < 4.78 is 38.7. The van der Waals surface area contributed by atoms with Crippen LogP contribution in [0, 0.1) is 17.0 Å². The minimum absolute atomic E-state index is 0.0175. The number of carboxylic acid groups (broad SMARTS) is 1. The number of aliphatic carboxylic acids is 1. The Kier molecular flexibility index (Phi) is 11.4. The van der Waals surface area contributed by atoms with Gasteiger partial charge in [0.05, 0.1) is 12.1 Å². The summed E-state index contributed by atoms with van der Waals surface area (Å²) >= 11 is 0. The first-order valence-corrected chi connectivity index (χ1v) is 10.5. The molecule has 0 amide bonds. The summed E-state index contributed by atoms with van der Waals surface area (Å²) in [6, 6.07) is 5.28. The Balaban J connectivity index is 0.000000547. The Bertz CT molecular complexity index is 863. The first-order chi connectivity index (χ1) is 15.1. The topological polar surface area (TPSA) is 90.7 Å². The van der Waals surface area contributed by atoms with Crippen LogP contribution in [0.3, 0.4) is 0 Å². The summed E-state index contributed by atoms with van der Waals surface area (Å²) in [5.41, 5.74) is 1.35. The molecule has 9 heteroatoms. The number of carbonyl (C=O) groups is 2. The van der Waals surface area contributed by atoms with Crippen LogP contribution in [0.25, 0.3) is 0 Å². The summed E-state index contributed by atoms with van der Waals surface area (Å²) in [7, 11) is 0. The second-order valence-corrected chi connectivity index (χ2v) is 8.39. The zero-order valence-electron chi connectivity index (χ0n) is 19.1. The van der Waals surface area contributed by atoms with Crippen molar-refractivity contribution in [1.29, 1.82) is 0 Å². The Morgan fingerprint density at radius 2 is 1.97 bits per heavy atom. The van der Waals surface area contributed by atoms with E-state index < -0.39 is 17.6 Å². The molecule has 0 aliphatic carbocycles. The first kappa shape index (κ1) is 27.1. The predicted octanol–water partition coefficient (Wildman–Crippen LogP) is 4.76. The number of halogens is 2. The van der Waals surface area contributed by atoms with Crippen LogP contribution in [-0.2, 0) is 33.9 Å². The molecule has 1 N–H and O–H groups in total. The van der Waals surface area contributed by atoms with E-state index in [1.165, 1.54) is 0 Å². The molecular weight excluding hydrogens is 422 g/mol. The third kappa shape index (κ3) is 10.9. The fraction of sp³-hybridized carbons (Fsp3) is 0.522. The highest BCUT2D eigenvalue weighted by atomic mass is 19.1. The molecule has 0 radical (unpaired) electrons. The first-order valence-electron chi connectivity index (χ1n) is 10.5. The molecule has 32 heavy (non-hydrogen) atoms. The van der Waals surface area contributed by atoms with Gasteiger partial charge in [0.25, 0.3) is 6.47 Å². The molecule has 0 saturated heterocycles. The van der Waals surface area contributed by atoms with E-state index >= 15 is 0 Å². The fourth-order valence-corrected chi connectivity index (χ4v) is 2.55. The third-order valence-corrected chi connectivity index (χ3v) is 4.26. The van der Waals surface area contributed by atoms with Crippen LogP contribution in [0.4, 0.5) is 8.78 Å². The van der Waals surface area contributed by atoms with E-state index in [1.54, 1.807) is 0 Å². The maximum absolute atomic E-state index is 13.7. The number of ether oxygens (including phenoxy) is 2. The van der Waals surface area contributed by atoms with Gasteiger partial charge in [-0.15, -0.1) is 0 Å². The lowest BCUT2D eigenvalue weighted by molar-refractivity contribution is -0.139. The summed E-state index contributed by atoms with van der Waals surface area (Å²) in [5, 5.41) is 12.5. The van der Waals surface area contributed by atoms with Crippen molar-refractivity contribution >= 4 is 12.4 Å². The molecule has 0 saturated carbocycles. The second-order valence-electron chi connectivity index (χ2n) is 8.39. The van der Waals surface area contributed by atoms with E-state index in [2.05, 4.69) is 37.5 Å². The van der Waals surface area contributed by atoms with Crippen LogP contribution in [0.1, 0.15) is 58.2 Å². The highest BCUT2D eigenvalue weighted by Crippen LogP contribution is 2.23. The van der Waals surface area contributed by atoms with E-state index in [1.807, 2.05) is 10.7 Å². The van der Waals surface area contributed by atoms with Crippen molar-refractivity contribution in [2.75, 3.05) is 6.61 Å². The minimum atomic E-state index is -0.966. The van der Waals surface area contributed by atoms with Gasteiger partial charge in [-0.1, -0.05) is 34.1 Å². The van der Waals surface area contributed by atoms with Gasteiger partial charge in [0, 0.05) is 18.2 Å². The lowest BCUT2D eigenvalue weighted by Crippen LogP contribution is -2.13. The number of hydrogen-bond acceptors (Lipinski definition) is 5. The van der Waals surface area contributed by atoms with Gasteiger partial charge < -0.3 is 14.6 Å². The van der Waals surface area contributed by atoms with Crippen molar-refractivity contribution in [3.8, 4) is 5.88 Å². The third-order valence-electron chi connectivity index (χ3n) is 4.26. The molecule has 0 aliphatic heterocycles. The lowest BCUT2D eigenvalue weighted by atomic mass is 9.92. The van der Waals surface area contributed by atoms with Gasteiger partial charge in [-0.3, -0.25) is 9.59 Å². The molecule has 0 bridgehead atoms. The highest BCUT2D eigenvalue weighted by molar-refractivity contribution is 5.66. The van der Waals surface area contributed by atoms with E-state index in [4.69, 9.17) is 9.84 Å². The molecule has 1 heterocycles. The fourth-order valence-electron chi connectivity index (χ4n) is 2.55. The Morgan fingerprint density at radius 1 is 1.25 bits per heavy atom. The van der Waals surface area contributed by atoms with Crippen LogP contribution < -0.4 is 4.74 Å². The van der Waals surface area contributed by atoms with Crippen molar-refractivity contribution in [1.82, 2.24) is 9.78 Å². The van der Waals surface area contributed by atoms with E-state index in [-0.39, 0.29) is 37.1 Å². The molecule has 0 aliphatic rings. The number of carboxylic acids is 1. The van der Waals surface area contributed by atoms with E-state index in [9.17, 15) is 18.4 Å². The summed E-state index contributed by atoms with van der Waals surface area (Å²) in [6.07, 6.45) is 2.69. The zero-order valence-corrected chi connectivity index (χ0v) is 19.1. The van der Waals surface area contributed by atoms with Crippen LogP contribution in [-0.4, -0.2) is 33.9 Å².